The summed E-state index contributed by atoms with van der Waals surface area (Å²) in [5.74, 6) is 1.20. The molecule has 0 aliphatic carbocycles. The first-order valence-electron chi connectivity index (χ1n) is 6.60. The van der Waals surface area contributed by atoms with Gasteiger partial charge in [0.1, 0.15) is 0 Å². The second-order valence-electron chi connectivity index (χ2n) is 4.52. The highest BCUT2D eigenvalue weighted by Crippen LogP contribution is 2.36. The molecule has 0 atom stereocenters. The summed E-state index contributed by atoms with van der Waals surface area (Å²) in [6.07, 6.45) is 0. The van der Waals surface area contributed by atoms with E-state index in [4.69, 9.17) is 9.47 Å². The Balaban J connectivity index is 2.02. The highest BCUT2D eigenvalue weighted by atomic mass is 32.2. The Labute approximate surface area is 123 Å². The van der Waals surface area contributed by atoms with Gasteiger partial charge in [0.25, 0.3) is 10.0 Å². The van der Waals surface area contributed by atoms with Gasteiger partial charge in [0.15, 0.2) is 11.5 Å². The minimum Gasteiger partial charge on any atom is -0.454 e. The largest absolute Gasteiger partial charge is 0.454 e. The molecule has 0 N–H and O–H groups in total. The standard InChI is InChI=1S/C15H15NO4S/c1-2-16(21(17,18)13-6-4-3-5-7-13)12-8-9-14-15(10-12)20-11-19-14/h3-10H,2,11H2,1H3. The molecule has 1 heterocycles. The number of fused-ring (bicyclic) bond motifs is 1. The highest BCUT2D eigenvalue weighted by Gasteiger charge is 2.25. The average molecular weight is 305 g/mol. The van der Waals surface area contributed by atoms with Crippen LogP contribution in [-0.4, -0.2) is 21.8 Å². The van der Waals surface area contributed by atoms with Gasteiger partial charge in [-0.15, -0.1) is 0 Å². The first-order valence-corrected chi connectivity index (χ1v) is 8.04. The van der Waals surface area contributed by atoms with Crippen molar-refractivity contribution in [2.24, 2.45) is 0 Å². The van der Waals surface area contributed by atoms with Gasteiger partial charge < -0.3 is 9.47 Å². The van der Waals surface area contributed by atoms with E-state index < -0.39 is 10.0 Å². The molecular weight excluding hydrogens is 290 g/mol. The van der Waals surface area contributed by atoms with Crippen molar-refractivity contribution in [2.45, 2.75) is 11.8 Å². The van der Waals surface area contributed by atoms with E-state index in [0.717, 1.165) is 0 Å². The van der Waals surface area contributed by atoms with Crippen LogP contribution in [0.15, 0.2) is 53.4 Å². The SMILES string of the molecule is CCN(c1ccc2c(c1)OCO2)S(=O)(=O)c1ccccc1. The van der Waals surface area contributed by atoms with Crippen LogP contribution in [0.2, 0.25) is 0 Å². The molecule has 0 saturated heterocycles. The van der Waals surface area contributed by atoms with Crippen LogP contribution in [0.5, 0.6) is 11.5 Å². The molecule has 3 rings (SSSR count). The quantitative estimate of drug-likeness (QED) is 0.871. The Morgan fingerprint density at radius 1 is 1.05 bits per heavy atom. The van der Waals surface area contributed by atoms with Crippen molar-refractivity contribution in [3.63, 3.8) is 0 Å². The van der Waals surface area contributed by atoms with Gasteiger partial charge in [-0.25, -0.2) is 8.42 Å². The predicted octanol–water partition coefficient (Wildman–Crippen LogP) is 2.63. The van der Waals surface area contributed by atoms with Crippen molar-refractivity contribution in [3.05, 3.63) is 48.5 Å². The average Bonchev–Trinajstić information content (AvgIpc) is 2.96. The molecule has 0 aromatic heterocycles. The normalized spacial score (nSPS) is 13.2. The summed E-state index contributed by atoms with van der Waals surface area (Å²) in [6.45, 7) is 2.29. The van der Waals surface area contributed by atoms with Gasteiger partial charge in [-0.1, -0.05) is 18.2 Å². The number of rotatable bonds is 4. The third kappa shape index (κ3) is 2.42. The first-order chi connectivity index (χ1) is 10.1. The van der Waals surface area contributed by atoms with Crippen molar-refractivity contribution in [2.75, 3.05) is 17.6 Å². The molecule has 110 valence electrons. The van der Waals surface area contributed by atoms with Gasteiger partial charge in [0.05, 0.1) is 10.6 Å². The van der Waals surface area contributed by atoms with Gasteiger partial charge in [-0.05, 0) is 31.2 Å². The van der Waals surface area contributed by atoms with E-state index in [0.29, 0.717) is 23.7 Å². The zero-order valence-corrected chi connectivity index (χ0v) is 12.3. The summed E-state index contributed by atoms with van der Waals surface area (Å²) in [5, 5.41) is 0. The van der Waals surface area contributed by atoms with Crippen LogP contribution < -0.4 is 13.8 Å². The lowest BCUT2D eigenvalue weighted by molar-refractivity contribution is 0.174. The molecule has 0 bridgehead atoms. The van der Waals surface area contributed by atoms with E-state index in [1.807, 2.05) is 0 Å². The maximum absolute atomic E-state index is 12.7. The van der Waals surface area contributed by atoms with E-state index in [1.54, 1.807) is 55.5 Å². The monoisotopic (exact) mass is 305 g/mol. The lowest BCUT2D eigenvalue weighted by Crippen LogP contribution is -2.30. The molecule has 2 aromatic rings. The fraction of sp³-hybridized carbons (Fsp3) is 0.200. The number of ether oxygens (including phenoxy) is 2. The number of anilines is 1. The van der Waals surface area contributed by atoms with Gasteiger partial charge in [-0.2, -0.15) is 0 Å². The van der Waals surface area contributed by atoms with E-state index in [-0.39, 0.29) is 11.7 Å². The number of nitrogens with zero attached hydrogens (tertiary/aromatic N) is 1. The molecule has 21 heavy (non-hydrogen) atoms. The maximum Gasteiger partial charge on any atom is 0.264 e. The Bertz CT molecular complexity index is 744. The summed E-state index contributed by atoms with van der Waals surface area (Å²) >= 11 is 0. The summed E-state index contributed by atoms with van der Waals surface area (Å²) < 4.78 is 37.3. The number of hydrogen-bond donors (Lipinski definition) is 0. The van der Waals surface area contributed by atoms with Gasteiger partial charge in [0, 0.05) is 12.6 Å². The van der Waals surface area contributed by atoms with Gasteiger partial charge in [-0.3, -0.25) is 4.31 Å². The molecule has 0 saturated carbocycles. The minimum atomic E-state index is -3.58. The van der Waals surface area contributed by atoms with E-state index in [9.17, 15) is 8.42 Å². The van der Waals surface area contributed by atoms with E-state index in [2.05, 4.69) is 0 Å². The fourth-order valence-electron chi connectivity index (χ4n) is 2.25. The van der Waals surface area contributed by atoms with Gasteiger partial charge in [0.2, 0.25) is 6.79 Å². The molecular formula is C15H15NO4S. The molecule has 2 aromatic carbocycles. The molecule has 0 fully saturated rings. The molecule has 1 aliphatic heterocycles. The summed E-state index contributed by atoms with van der Waals surface area (Å²) in [7, 11) is -3.58. The van der Waals surface area contributed by atoms with Crippen molar-refractivity contribution < 1.29 is 17.9 Å². The first kappa shape index (κ1) is 13.8. The van der Waals surface area contributed by atoms with Crippen LogP contribution in [0.3, 0.4) is 0 Å². The lowest BCUT2D eigenvalue weighted by Gasteiger charge is -2.23. The molecule has 6 heteroatoms. The Morgan fingerprint density at radius 2 is 1.76 bits per heavy atom. The van der Waals surface area contributed by atoms with Crippen molar-refractivity contribution in [1.82, 2.24) is 0 Å². The Kier molecular flexibility index (Phi) is 3.47. The summed E-state index contributed by atoms with van der Waals surface area (Å²) in [6, 6.07) is 13.5. The fourth-order valence-corrected chi connectivity index (χ4v) is 3.74. The topological polar surface area (TPSA) is 55.8 Å². The van der Waals surface area contributed by atoms with Crippen molar-refractivity contribution >= 4 is 15.7 Å². The smallest absolute Gasteiger partial charge is 0.264 e. The van der Waals surface area contributed by atoms with Crippen LogP contribution >= 0.6 is 0 Å². The number of benzene rings is 2. The van der Waals surface area contributed by atoms with E-state index in [1.165, 1.54) is 4.31 Å². The third-order valence-electron chi connectivity index (χ3n) is 3.26. The maximum atomic E-state index is 12.7. The van der Waals surface area contributed by atoms with Crippen LogP contribution in [0.1, 0.15) is 6.92 Å². The molecule has 1 aliphatic rings. The second kappa shape index (κ2) is 5.29. The second-order valence-corrected chi connectivity index (χ2v) is 6.38. The molecule has 0 unspecified atom stereocenters. The Hall–Kier alpha value is -2.21. The number of sulfonamides is 1. The molecule has 5 nitrogen and oxygen atoms in total. The Morgan fingerprint density at radius 3 is 2.48 bits per heavy atom. The van der Waals surface area contributed by atoms with Crippen molar-refractivity contribution in [3.8, 4) is 11.5 Å². The molecule has 0 amide bonds. The number of hydrogen-bond acceptors (Lipinski definition) is 4. The lowest BCUT2D eigenvalue weighted by atomic mass is 10.3. The molecule has 0 radical (unpaired) electrons. The van der Waals surface area contributed by atoms with Crippen LogP contribution in [0, 0.1) is 0 Å². The molecule has 0 spiro atoms. The van der Waals surface area contributed by atoms with E-state index >= 15 is 0 Å². The highest BCUT2D eigenvalue weighted by molar-refractivity contribution is 7.92. The third-order valence-corrected chi connectivity index (χ3v) is 5.18. The predicted molar refractivity (Wildman–Crippen MR) is 79.2 cm³/mol. The zero-order valence-electron chi connectivity index (χ0n) is 11.5. The summed E-state index contributed by atoms with van der Waals surface area (Å²) in [5.41, 5.74) is 0.561. The van der Waals surface area contributed by atoms with Gasteiger partial charge >= 0.3 is 0 Å². The summed E-state index contributed by atoms with van der Waals surface area (Å²) in [4.78, 5) is 0.268. The zero-order chi connectivity index (χ0) is 14.9. The van der Waals surface area contributed by atoms with Crippen LogP contribution in [0.25, 0.3) is 0 Å². The van der Waals surface area contributed by atoms with Crippen LogP contribution in [-0.2, 0) is 10.0 Å². The van der Waals surface area contributed by atoms with Crippen molar-refractivity contribution in [1.29, 1.82) is 0 Å². The minimum absolute atomic E-state index is 0.163. The van der Waals surface area contributed by atoms with Crippen LogP contribution in [0.4, 0.5) is 5.69 Å².